The Morgan fingerprint density at radius 3 is 3.08 bits per heavy atom. The third kappa shape index (κ3) is 3.05. The number of amides is 1. The number of fused-ring (bicyclic) bond motifs is 2. The van der Waals surface area contributed by atoms with Crippen LogP contribution in [0, 0.1) is 6.92 Å². The molecule has 1 aliphatic rings. The first-order valence-corrected chi connectivity index (χ1v) is 8.37. The summed E-state index contributed by atoms with van der Waals surface area (Å²) in [6.45, 7) is 2.68. The Bertz CT molecular complexity index is 1000. The summed E-state index contributed by atoms with van der Waals surface area (Å²) in [6, 6.07) is 7.38. The molecule has 1 atom stereocenters. The fourth-order valence-corrected chi connectivity index (χ4v) is 3.40. The van der Waals surface area contributed by atoms with Crippen LogP contribution in [-0.2, 0) is 24.3 Å². The molecule has 7 heteroatoms. The number of imidazole rings is 1. The molecule has 0 radical (unpaired) electrons. The number of nitrogens with zero attached hydrogens (tertiary/aromatic N) is 4. The molecule has 2 aromatic heterocycles. The van der Waals surface area contributed by atoms with Crippen molar-refractivity contribution < 1.29 is 4.79 Å². The minimum atomic E-state index is -0.273. The number of aryl methyl sites for hydroxylation is 2. The highest BCUT2D eigenvalue weighted by Gasteiger charge is 2.21. The van der Waals surface area contributed by atoms with Crippen LogP contribution in [0.3, 0.4) is 0 Å². The van der Waals surface area contributed by atoms with Gasteiger partial charge in [0.15, 0.2) is 0 Å². The maximum absolute atomic E-state index is 12.5. The maximum Gasteiger partial charge on any atom is 0.269 e. The second kappa shape index (κ2) is 6.16. The van der Waals surface area contributed by atoms with Crippen molar-refractivity contribution in [3.8, 4) is 0 Å². The monoisotopic (exact) mass is 337 g/mol. The number of para-hydroxylation sites is 2. The van der Waals surface area contributed by atoms with Crippen LogP contribution in [0.5, 0.6) is 0 Å². The van der Waals surface area contributed by atoms with Gasteiger partial charge in [0.05, 0.1) is 22.9 Å². The van der Waals surface area contributed by atoms with Gasteiger partial charge in [-0.1, -0.05) is 12.1 Å². The molecule has 1 aliphatic heterocycles. The molecule has 1 unspecified atom stereocenters. The molecule has 1 N–H and O–H groups in total. The summed E-state index contributed by atoms with van der Waals surface area (Å²) in [5.74, 6) is 0.906. The van der Waals surface area contributed by atoms with Gasteiger partial charge in [0.25, 0.3) is 5.56 Å². The van der Waals surface area contributed by atoms with Crippen LogP contribution in [0.2, 0.25) is 0 Å². The van der Waals surface area contributed by atoms with Crippen molar-refractivity contribution in [2.24, 2.45) is 0 Å². The Kier molecular flexibility index (Phi) is 3.83. The Hall–Kier alpha value is -2.96. The van der Waals surface area contributed by atoms with Crippen molar-refractivity contribution in [2.75, 3.05) is 0 Å². The van der Waals surface area contributed by atoms with Gasteiger partial charge < -0.3 is 9.88 Å². The Balaban J connectivity index is 1.50. The highest BCUT2D eigenvalue weighted by atomic mass is 16.2. The minimum absolute atomic E-state index is 0.00577. The van der Waals surface area contributed by atoms with Crippen LogP contribution < -0.4 is 10.9 Å². The molecule has 7 nitrogen and oxygen atoms in total. The molecule has 128 valence electrons. The van der Waals surface area contributed by atoms with Gasteiger partial charge >= 0.3 is 0 Å². The molecule has 0 aliphatic carbocycles. The Morgan fingerprint density at radius 1 is 1.36 bits per heavy atom. The molecule has 3 aromatic rings. The van der Waals surface area contributed by atoms with Gasteiger partial charge in [-0.05, 0) is 25.5 Å². The number of hydrogen-bond acceptors (Lipinski definition) is 4. The zero-order valence-electron chi connectivity index (χ0n) is 14.0. The second-order valence-electron chi connectivity index (χ2n) is 6.43. The topological polar surface area (TPSA) is 81.8 Å². The van der Waals surface area contributed by atoms with Gasteiger partial charge in [0.2, 0.25) is 5.91 Å². The number of hydrogen-bond donors (Lipinski definition) is 1. The summed E-state index contributed by atoms with van der Waals surface area (Å²) >= 11 is 0. The lowest BCUT2D eigenvalue weighted by atomic mass is 10.1. The molecule has 0 saturated heterocycles. The summed E-state index contributed by atoms with van der Waals surface area (Å²) < 4.78 is 3.56. The zero-order valence-corrected chi connectivity index (χ0v) is 14.0. The predicted octanol–water partition coefficient (Wildman–Crippen LogP) is 1.03. The molecule has 3 heterocycles. The predicted molar refractivity (Wildman–Crippen MR) is 93.2 cm³/mol. The highest BCUT2D eigenvalue weighted by molar-refractivity contribution is 5.80. The van der Waals surface area contributed by atoms with Crippen LogP contribution in [0.4, 0.5) is 0 Å². The smallest absolute Gasteiger partial charge is 0.269 e. The summed E-state index contributed by atoms with van der Waals surface area (Å²) in [4.78, 5) is 33.2. The van der Waals surface area contributed by atoms with E-state index in [1.54, 1.807) is 6.07 Å². The molecule has 0 saturated carbocycles. The van der Waals surface area contributed by atoms with Crippen LogP contribution in [-0.4, -0.2) is 31.1 Å². The van der Waals surface area contributed by atoms with E-state index in [1.165, 1.54) is 10.8 Å². The number of benzene rings is 1. The zero-order chi connectivity index (χ0) is 17.4. The van der Waals surface area contributed by atoms with Crippen molar-refractivity contribution in [3.63, 3.8) is 0 Å². The average molecular weight is 337 g/mol. The van der Waals surface area contributed by atoms with E-state index in [-0.39, 0.29) is 24.1 Å². The molecule has 4 rings (SSSR count). The number of aromatic nitrogens is 4. The molecule has 1 aromatic carbocycles. The van der Waals surface area contributed by atoms with E-state index in [9.17, 15) is 9.59 Å². The maximum atomic E-state index is 12.5. The van der Waals surface area contributed by atoms with Gasteiger partial charge in [-0.15, -0.1) is 0 Å². The van der Waals surface area contributed by atoms with E-state index >= 15 is 0 Å². The normalized spacial score (nSPS) is 16.6. The van der Waals surface area contributed by atoms with Crippen LogP contribution in [0.15, 0.2) is 41.5 Å². The van der Waals surface area contributed by atoms with Crippen molar-refractivity contribution in [1.29, 1.82) is 0 Å². The number of nitrogens with one attached hydrogen (secondary N) is 1. The molecule has 0 fully saturated rings. The molecule has 0 bridgehead atoms. The van der Waals surface area contributed by atoms with Gasteiger partial charge in [-0.2, -0.15) is 0 Å². The second-order valence-corrected chi connectivity index (χ2v) is 6.43. The van der Waals surface area contributed by atoms with Crippen LogP contribution >= 0.6 is 0 Å². The lowest BCUT2D eigenvalue weighted by molar-refractivity contribution is -0.122. The lowest BCUT2D eigenvalue weighted by Gasteiger charge is -2.25. The molecular weight excluding hydrogens is 318 g/mol. The Morgan fingerprint density at radius 2 is 2.20 bits per heavy atom. The molecule has 1 amide bonds. The molecule has 25 heavy (non-hydrogen) atoms. The standard InChI is InChI=1S/C18H19N5O2/c1-12-9-22-10-13(6-7-16(22)20-12)21-17(24)11-23-15-5-3-2-4-14(15)19-8-18(23)25/h2-5,8-9,13H,6-7,10-11H2,1H3,(H,21,24). The van der Waals surface area contributed by atoms with Gasteiger partial charge in [-0.25, -0.2) is 9.97 Å². The first-order valence-electron chi connectivity index (χ1n) is 8.37. The third-order valence-corrected chi connectivity index (χ3v) is 4.53. The fraction of sp³-hybridized carbons (Fsp3) is 0.333. The van der Waals surface area contributed by atoms with Crippen molar-refractivity contribution >= 4 is 16.9 Å². The van der Waals surface area contributed by atoms with Gasteiger partial charge in [-0.3, -0.25) is 14.2 Å². The summed E-state index contributed by atoms with van der Waals surface area (Å²) in [5.41, 5.74) is 2.09. The van der Waals surface area contributed by atoms with Crippen molar-refractivity contribution in [3.05, 3.63) is 58.5 Å². The molecular formula is C18H19N5O2. The molecule has 0 spiro atoms. The summed E-state index contributed by atoms with van der Waals surface area (Å²) in [5, 5.41) is 3.04. The first kappa shape index (κ1) is 15.6. The van der Waals surface area contributed by atoms with E-state index in [0.29, 0.717) is 17.6 Å². The number of carbonyl (C=O) groups excluding carboxylic acids is 1. The van der Waals surface area contributed by atoms with E-state index in [4.69, 9.17) is 0 Å². The van der Waals surface area contributed by atoms with E-state index in [2.05, 4.69) is 19.9 Å². The highest BCUT2D eigenvalue weighted by Crippen LogP contribution is 2.15. The fourth-order valence-electron chi connectivity index (χ4n) is 3.40. The summed E-state index contributed by atoms with van der Waals surface area (Å²) in [6.07, 6.45) is 4.97. The SMILES string of the molecule is Cc1cn2c(n1)CCC(NC(=O)Cn1c(=O)cnc3ccccc31)C2. The number of rotatable bonds is 3. The van der Waals surface area contributed by atoms with Crippen molar-refractivity contribution in [1.82, 2.24) is 24.4 Å². The van der Waals surface area contributed by atoms with Gasteiger partial charge in [0.1, 0.15) is 12.4 Å². The first-order chi connectivity index (χ1) is 12.1. The van der Waals surface area contributed by atoms with E-state index in [1.807, 2.05) is 31.3 Å². The minimum Gasteiger partial charge on any atom is -0.350 e. The average Bonchev–Trinajstić information content (AvgIpc) is 2.97. The number of carbonyl (C=O) groups is 1. The van der Waals surface area contributed by atoms with E-state index in [0.717, 1.165) is 24.4 Å². The van der Waals surface area contributed by atoms with Gasteiger partial charge in [0, 0.05) is 25.2 Å². The summed E-state index contributed by atoms with van der Waals surface area (Å²) in [7, 11) is 0. The quantitative estimate of drug-likeness (QED) is 0.774. The largest absolute Gasteiger partial charge is 0.350 e. The van der Waals surface area contributed by atoms with Crippen LogP contribution in [0.1, 0.15) is 17.9 Å². The lowest BCUT2D eigenvalue weighted by Crippen LogP contribution is -2.43. The van der Waals surface area contributed by atoms with Crippen molar-refractivity contribution in [2.45, 2.75) is 38.9 Å². The van der Waals surface area contributed by atoms with E-state index < -0.39 is 0 Å². The van der Waals surface area contributed by atoms with Crippen LogP contribution in [0.25, 0.3) is 11.0 Å². The third-order valence-electron chi connectivity index (χ3n) is 4.53. The Labute approximate surface area is 144 Å².